The molecule has 0 aromatic rings. The predicted octanol–water partition coefficient (Wildman–Crippen LogP) is 2.62. The molecule has 1 N–H and O–H groups in total. The Morgan fingerprint density at radius 1 is 1.59 bits per heavy atom. The van der Waals surface area contributed by atoms with Crippen LogP contribution >= 0.6 is 0 Å². The van der Waals surface area contributed by atoms with Gasteiger partial charge in [-0.05, 0) is 37.0 Å². The monoisotopic (exact) mass is 237 g/mol. The van der Waals surface area contributed by atoms with Crippen molar-refractivity contribution in [1.29, 1.82) is 0 Å². The van der Waals surface area contributed by atoms with Crippen molar-refractivity contribution in [2.24, 2.45) is 0 Å². The second-order valence-electron chi connectivity index (χ2n) is 4.37. The van der Waals surface area contributed by atoms with Crippen LogP contribution in [0.2, 0.25) is 0 Å². The molecule has 0 radical (unpaired) electrons. The van der Waals surface area contributed by atoms with Gasteiger partial charge in [-0.2, -0.15) is 0 Å². The highest BCUT2D eigenvalue weighted by molar-refractivity contribution is 5.70. The standard InChI is InChI=1S/C13H16FNO2/c1-2-11-7-9-6-10(14)4-3-5-12(9)15(11)8-13(16)17/h4-6,11H,2-3,7-8H2,1H3,(H,16,17). The summed E-state index contributed by atoms with van der Waals surface area (Å²) in [5, 5.41) is 8.92. The lowest BCUT2D eigenvalue weighted by Gasteiger charge is -2.24. The number of carbonyl (C=O) groups is 1. The van der Waals surface area contributed by atoms with E-state index in [-0.39, 0.29) is 18.4 Å². The Kier molecular flexibility index (Phi) is 3.31. The average molecular weight is 237 g/mol. The fraction of sp³-hybridized carbons (Fsp3) is 0.462. The number of halogens is 1. The highest BCUT2D eigenvalue weighted by Gasteiger charge is 2.32. The number of nitrogens with zero attached hydrogens (tertiary/aromatic N) is 1. The molecule has 0 bridgehead atoms. The van der Waals surface area contributed by atoms with E-state index in [0.29, 0.717) is 6.42 Å². The summed E-state index contributed by atoms with van der Waals surface area (Å²) < 4.78 is 13.3. The fourth-order valence-corrected chi connectivity index (χ4v) is 2.46. The van der Waals surface area contributed by atoms with Crippen LogP contribution in [-0.4, -0.2) is 28.6 Å². The first-order chi connectivity index (χ1) is 8.11. The van der Waals surface area contributed by atoms with Gasteiger partial charge in [0.05, 0.1) is 0 Å². The number of rotatable bonds is 3. The van der Waals surface area contributed by atoms with Gasteiger partial charge in [0.15, 0.2) is 0 Å². The van der Waals surface area contributed by atoms with Crippen molar-refractivity contribution in [3.8, 4) is 0 Å². The number of hydrogen-bond donors (Lipinski definition) is 1. The lowest BCUT2D eigenvalue weighted by molar-refractivity contribution is -0.138. The molecule has 92 valence electrons. The van der Waals surface area contributed by atoms with Gasteiger partial charge in [0, 0.05) is 11.7 Å². The maximum absolute atomic E-state index is 13.3. The third-order valence-corrected chi connectivity index (χ3v) is 3.25. The van der Waals surface area contributed by atoms with Gasteiger partial charge in [-0.3, -0.25) is 4.79 Å². The molecule has 2 rings (SSSR count). The SMILES string of the molecule is CCC1CC2=CC(F)=CCC=C2N1CC(=O)O. The normalized spacial score (nSPS) is 23.5. The summed E-state index contributed by atoms with van der Waals surface area (Å²) in [4.78, 5) is 12.7. The molecule has 1 aliphatic carbocycles. The van der Waals surface area contributed by atoms with Gasteiger partial charge < -0.3 is 10.0 Å². The van der Waals surface area contributed by atoms with Gasteiger partial charge in [0.25, 0.3) is 0 Å². The molecule has 17 heavy (non-hydrogen) atoms. The molecule has 0 amide bonds. The number of carboxylic acids is 1. The van der Waals surface area contributed by atoms with Gasteiger partial charge in [-0.1, -0.05) is 13.0 Å². The quantitative estimate of drug-likeness (QED) is 0.820. The lowest BCUT2D eigenvalue weighted by Crippen LogP contribution is -2.32. The molecule has 2 aliphatic rings. The Labute approximate surface area is 99.9 Å². The van der Waals surface area contributed by atoms with Crippen LogP contribution < -0.4 is 0 Å². The Morgan fingerprint density at radius 2 is 2.35 bits per heavy atom. The zero-order chi connectivity index (χ0) is 12.4. The maximum atomic E-state index is 13.3. The topological polar surface area (TPSA) is 40.5 Å². The van der Waals surface area contributed by atoms with Crippen LogP contribution in [0.5, 0.6) is 0 Å². The average Bonchev–Trinajstić information content (AvgIpc) is 2.46. The highest BCUT2D eigenvalue weighted by Crippen LogP contribution is 2.36. The van der Waals surface area contributed by atoms with Gasteiger partial charge in [0.1, 0.15) is 12.4 Å². The number of fused-ring (bicyclic) bond motifs is 1. The molecule has 1 heterocycles. The predicted molar refractivity (Wildman–Crippen MR) is 63.0 cm³/mol. The number of likely N-dealkylation sites (tertiary alicyclic amines) is 1. The molecular weight excluding hydrogens is 221 g/mol. The Bertz CT molecular complexity index is 423. The first-order valence-corrected chi connectivity index (χ1v) is 5.87. The lowest BCUT2D eigenvalue weighted by atomic mass is 10.1. The smallest absolute Gasteiger partial charge is 0.323 e. The molecule has 1 saturated heterocycles. The van der Waals surface area contributed by atoms with E-state index >= 15 is 0 Å². The highest BCUT2D eigenvalue weighted by atomic mass is 19.1. The molecule has 1 fully saturated rings. The van der Waals surface area contributed by atoms with E-state index in [1.807, 2.05) is 17.9 Å². The maximum Gasteiger partial charge on any atom is 0.323 e. The third-order valence-electron chi connectivity index (χ3n) is 3.25. The Hall–Kier alpha value is -1.58. The molecule has 0 spiro atoms. The second-order valence-corrected chi connectivity index (χ2v) is 4.37. The largest absolute Gasteiger partial charge is 0.480 e. The van der Waals surface area contributed by atoms with Gasteiger partial charge in [-0.15, -0.1) is 0 Å². The fourth-order valence-electron chi connectivity index (χ4n) is 2.46. The van der Waals surface area contributed by atoms with E-state index in [1.54, 1.807) is 0 Å². The minimum absolute atomic E-state index is 0.0106. The minimum atomic E-state index is -0.844. The van der Waals surface area contributed by atoms with Gasteiger partial charge >= 0.3 is 5.97 Å². The number of allylic oxidation sites excluding steroid dienone is 5. The molecule has 0 saturated carbocycles. The summed E-state index contributed by atoms with van der Waals surface area (Å²) in [6.07, 6.45) is 7.08. The van der Waals surface area contributed by atoms with E-state index in [0.717, 1.165) is 24.1 Å². The molecule has 1 unspecified atom stereocenters. The zero-order valence-electron chi connectivity index (χ0n) is 9.82. The van der Waals surface area contributed by atoms with Gasteiger partial charge in [0.2, 0.25) is 0 Å². The summed E-state index contributed by atoms with van der Waals surface area (Å²) in [6, 6.07) is 0.175. The molecule has 1 atom stereocenters. The van der Waals surface area contributed by atoms with Crippen molar-refractivity contribution in [2.45, 2.75) is 32.2 Å². The van der Waals surface area contributed by atoms with Crippen LogP contribution in [0, 0.1) is 0 Å². The molecular formula is C13H16FNO2. The van der Waals surface area contributed by atoms with E-state index < -0.39 is 5.97 Å². The summed E-state index contributed by atoms with van der Waals surface area (Å²) in [7, 11) is 0. The minimum Gasteiger partial charge on any atom is -0.480 e. The van der Waals surface area contributed by atoms with Crippen LogP contribution in [0.3, 0.4) is 0 Å². The molecule has 3 nitrogen and oxygen atoms in total. The molecule has 0 aromatic carbocycles. The number of hydrogen-bond acceptors (Lipinski definition) is 2. The summed E-state index contributed by atoms with van der Waals surface area (Å²) >= 11 is 0. The van der Waals surface area contributed by atoms with Gasteiger partial charge in [-0.25, -0.2) is 4.39 Å². The van der Waals surface area contributed by atoms with Crippen LogP contribution in [0.25, 0.3) is 0 Å². The Morgan fingerprint density at radius 3 is 3.00 bits per heavy atom. The molecule has 4 heteroatoms. The summed E-state index contributed by atoms with van der Waals surface area (Å²) in [5.74, 6) is -1.07. The molecule has 0 aromatic heterocycles. The summed E-state index contributed by atoms with van der Waals surface area (Å²) in [5.41, 5.74) is 1.81. The first-order valence-electron chi connectivity index (χ1n) is 5.87. The van der Waals surface area contributed by atoms with Crippen LogP contribution in [0.15, 0.2) is 35.3 Å². The van der Waals surface area contributed by atoms with E-state index in [2.05, 4.69) is 0 Å². The molecule has 1 aliphatic heterocycles. The summed E-state index contributed by atoms with van der Waals surface area (Å²) in [6.45, 7) is 2.02. The van der Waals surface area contributed by atoms with E-state index in [4.69, 9.17) is 5.11 Å². The van der Waals surface area contributed by atoms with Crippen LogP contribution in [0.4, 0.5) is 4.39 Å². The van der Waals surface area contributed by atoms with Crippen molar-refractivity contribution < 1.29 is 14.3 Å². The van der Waals surface area contributed by atoms with Crippen molar-refractivity contribution in [3.63, 3.8) is 0 Å². The van der Waals surface area contributed by atoms with Crippen molar-refractivity contribution in [1.82, 2.24) is 4.90 Å². The van der Waals surface area contributed by atoms with Crippen molar-refractivity contribution in [3.05, 3.63) is 35.3 Å². The third kappa shape index (κ3) is 2.40. The van der Waals surface area contributed by atoms with E-state index in [9.17, 15) is 9.18 Å². The second kappa shape index (κ2) is 4.73. The first kappa shape index (κ1) is 11.9. The van der Waals surface area contributed by atoms with Crippen LogP contribution in [0.1, 0.15) is 26.2 Å². The van der Waals surface area contributed by atoms with Crippen molar-refractivity contribution >= 4 is 5.97 Å². The zero-order valence-corrected chi connectivity index (χ0v) is 9.82. The Balaban J connectivity index is 2.30. The van der Waals surface area contributed by atoms with E-state index in [1.165, 1.54) is 12.2 Å². The van der Waals surface area contributed by atoms with Crippen molar-refractivity contribution in [2.75, 3.05) is 6.54 Å². The number of carboxylic acid groups (broad SMARTS) is 1. The number of aliphatic carboxylic acids is 1. The van der Waals surface area contributed by atoms with Crippen LogP contribution in [-0.2, 0) is 4.79 Å².